The maximum absolute atomic E-state index is 12.1. The van der Waals surface area contributed by atoms with Crippen LogP contribution in [0, 0.1) is 0 Å². The molecule has 0 aliphatic rings. The van der Waals surface area contributed by atoms with Crippen LogP contribution in [0.2, 0.25) is 0 Å². The molecule has 1 rings (SSSR count). The van der Waals surface area contributed by atoms with E-state index in [9.17, 15) is 9.59 Å². The molecule has 1 N–H and O–H groups in total. The summed E-state index contributed by atoms with van der Waals surface area (Å²) in [5.74, 6) is -1.05. The molecule has 0 saturated carbocycles. The summed E-state index contributed by atoms with van der Waals surface area (Å²) in [7, 11) is 0. The summed E-state index contributed by atoms with van der Waals surface area (Å²) in [6, 6.07) is 8.77. The maximum Gasteiger partial charge on any atom is 0.339 e. The quantitative estimate of drug-likeness (QED) is 0.496. The van der Waals surface area contributed by atoms with Crippen LogP contribution >= 0.6 is 11.6 Å². The normalized spacial score (nSPS) is 11.0. The fraction of sp³-hybridized carbons (Fsp3) is 0.333. The summed E-state index contributed by atoms with van der Waals surface area (Å²) in [5, 5.41) is 0. The molecule has 0 heterocycles. The van der Waals surface area contributed by atoms with Gasteiger partial charge in [-0.25, -0.2) is 4.79 Å². The van der Waals surface area contributed by atoms with Gasteiger partial charge in [0.25, 0.3) is 0 Å². The third-order valence-electron chi connectivity index (χ3n) is 2.13. The minimum Gasteiger partial charge on any atom is -0.369 e. The van der Waals surface area contributed by atoms with Gasteiger partial charge >= 0.3 is 5.97 Å². The first kappa shape index (κ1) is 13.7. The van der Waals surface area contributed by atoms with E-state index in [1.165, 1.54) is 0 Å². The first-order valence-electron chi connectivity index (χ1n) is 5.10. The Morgan fingerprint density at radius 1 is 1.29 bits per heavy atom. The van der Waals surface area contributed by atoms with E-state index in [4.69, 9.17) is 11.6 Å². The molecule has 1 aromatic rings. The fourth-order valence-corrected chi connectivity index (χ4v) is 1.26. The van der Waals surface area contributed by atoms with Crippen molar-refractivity contribution in [3.63, 3.8) is 0 Å². The smallest absolute Gasteiger partial charge is 0.339 e. The third kappa shape index (κ3) is 3.84. The van der Waals surface area contributed by atoms with Crippen LogP contribution in [-0.2, 0) is 9.63 Å². The number of halogens is 1. The lowest BCUT2D eigenvalue weighted by Crippen LogP contribution is -2.47. The van der Waals surface area contributed by atoms with Crippen molar-refractivity contribution in [3.8, 4) is 0 Å². The van der Waals surface area contributed by atoms with E-state index < -0.39 is 11.5 Å². The summed E-state index contributed by atoms with van der Waals surface area (Å²) >= 11 is 5.28. The molecule has 5 heteroatoms. The molecule has 0 amide bonds. The number of hydroxylamine groups is 1. The Kier molecular flexibility index (Phi) is 4.66. The van der Waals surface area contributed by atoms with Gasteiger partial charge in [-0.2, -0.15) is 0 Å². The minimum atomic E-state index is -0.997. The Hall–Kier alpha value is -1.39. The van der Waals surface area contributed by atoms with Crippen LogP contribution in [0.4, 0.5) is 0 Å². The van der Waals surface area contributed by atoms with E-state index in [0.29, 0.717) is 5.56 Å². The van der Waals surface area contributed by atoms with Crippen LogP contribution < -0.4 is 5.48 Å². The maximum atomic E-state index is 12.1. The molecule has 0 bridgehead atoms. The number of Topliss-reactive ketones (excluding diaryl/α,β-unsaturated/α-hetero) is 1. The van der Waals surface area contributed by atoms with Crippen molar-refractivity contribution >= 4 is 23.4 Å². The van der Waals surface area contributed by atoms with Gasteiger partial charge in [0.05, 0.1) is 0 Å². The molecule has 4 nitrogen and oxygen atoms in total. The van der Waals surface area contributed by atoms with Gasteiger partial charge in [0.15, 0.2) is 5.78 Å². The molecular formula is C12H14ClNO3. The Balaban J connectivity index is 2.70. The Morgan fingerprint density at radius 3 is 2.41 bits per heavy atom. The second-order valence-corrected chi connectivity index (χ2v) is 4.30. The summed E-state index contributed by atoms with van der Waals surface area (Å²) in [4.78, 5) is 27.6. The SMILES string of the molecule is CC(C)(NOC(=O)CCl)C(=O)c1ccccc1. The van der Waals surface area contributed by atoms with E-state index in [-0.39, 0.29) is 11.7 Å². The van der Waals surface area contributed by atoms with Crippen molar-refractivity contribution < 1.29 is 14.4 Å². The van der Waals surface area contributed by atoms with Crippen LogP contribution in [0.3, 0.4) is 0 Å². The zero-order valence-corrected chi connectivity index (χ0v) is 10.5. The zero-order valence-electron chi connectivity index (χ0n) is 9.70. The van der Waals surface area contributed by atoms with E-state index in [1.807, 2.05) is 6.07 Å². The second kappa shape index (κ2) is 5.80. The number of carbonyl (C=O) groups is 2. The van der Waals surface area contributed by atoms with Gasteiger partial charge in [-0.15, -0.1) is 17.1 Å². The average molecular weight is 256 g/mol. The number of alkyl halides is 1. The highest BCUT2D eigenvalue weighted by molar-refractivity contribution is 6.26. The predicted molar refractivity (Wildman–Crippen MR) is 64.8 cm³/mol. The summed E-state index contributed by atoms with van der Waals surface area (Å²) in [6.45, 7) is 3.26. The van der Waals surface area contributed by atoms with Crippen LogP contribution in [0.25, 0.3) is 0 Å². The van der Waals surface area contributed by atoms with E-state index in [0.717, 1.165) is 0 Å². The van der Waals surface area contributed by atoms with Crippen molar-refractivity contribution in [2.75, 3.05) is 5.88 Å². The predicted octanol–water partition coefficient (Wildman–Crippen LogP) is 1.93. The van der Waals surface area contributed by atoms with Crippen LogP contribution in [0.1, 0.15) is 24.2 Å². The largest absolute Gasteiger partial charge is 0.369 e. The monoisotopic (exact) mass is 255 g/mol. The standard InChI is InChI=1S/C12H14ClNO3/c1-12(2,14-17-10(15)8-13)11(16)9-6-4-3-5-7-9/h3-7,14H,8H2,1-2H3. The number of nitrogens with one attached hydrogen (secondary N) is 1. The van der Waals surface area contributed by atoms with Gasteiger partial charge in [0.1, 0.15) is 11.4 Å². The molecule has 0 aliphatic carbocycles. The highest BCUT2D eigenvalue weighted by Crippen LogP contribution is 2.12. The van der Waals surface area contributed by atoms with E-state index >= 15 is 0 Å². The molecule has 1 aromatic carbocycles. The summed E-state index contributed by atoms with van der Waals surface area (Å²) < 4.78 is 0. The fourth-order valence-electron chi connectivity index (χ4n) is 1.21. The van der Waals surface area contributed by atoms with Crippen LogP contribution in [-0.4, -0.2) is 23.2 Å². The van der Waals surface area contributed by atoms with E-state index in [1.54, 1.807) is 38.1 Å². The van der Waals surface area contributed by atoms with Gasteiger partial charge < -0.3 is 4.84 Å². The Bertz CT molecular complexity index is 403. The molecule has 0 radical (unpaired) electrons. The molecule has 92 valence electrons. The molecule has 0 spiro atoms. The molecule has 0 fully saturated rings. The first-order chi connectivity index (χ1) is 7.97. The summed E-state index contributed by atoms with van der Waals surface area (Å²) in [5.41, 5.74) is 1.98. The van der Waals surface area contributed by atoms with Crippen molar-refractivity contribution in [3.05, 3.63) is 35.9 Å². The number of hydrogen-bond donors (Lipinski definition) is 1. The van der Waals surface area contributed by atoms with Crippen molar-refractivity contribution in [1.82, 2.24) is 5.48 Å². The lowest BCUT2D eigenvalue weighted by molar-refractivity contribution is -0.150. The number of hydrogen-bond acceptors (Lipinski definition) is 4. The lowest BCUT2D eigenvalue weighted by Gasteiger charge is -2.23. The topological polar surface area (TPSA) is 55.4 Å². The lowest BCUT2D eigenvalue weighted by atomic mass is 9.94. The van der Waals surface area contributed by atoms with Gasteiger partial charge in [-0.05, 0) is 13.8 Å². The minimum absolute atomic E-state index is 0.166. The number of rotatable bonds is 5. The van der Waals surface area contributed by atoms with Gasteiger partial charge in [-0.3, -0.25) is 4.79 Å². The average Bonchev–Trinajstić information content (AvgIpc) is 2.36. The van der Waals surface area contributed by atoms with Crippen LogP contribution in [0.5, 0.6) is 0 Å². The highest BCUT2D eigenvalue weighted by Gasteiger charge is 2.29. The van der Waals surface area contributed by atoms with Gasteiger partial charge in [0.2, 0.25) is 0 Å². The molecular weight excluding hydrogens is 242 g/mol. The number of benzene rings is 1. The zero-order chi connectivity index (χ0) is 12.9. The molecule has 0 saturated heterocycles. The van der Waals surface area contributed by atoms with Crippen LogP contribution in [0.15, 0.2) is 30.3 Å². The first-order valence-corrected chi connectivity index (χ1v) is 5.63. The van der Waals surface area contributed by atoms with Gasteiger partial charge in [-0.1, -0.05) is 30.3 Å². The summed E-state index contributed by atoms with van der Waals surface area (Å²) in [6.07, 6.45) is 0. The Labute approximate surface area is 105 Å². The van der Waals surface area contributed by atoms with Crippen molar-refractivity contribution in [2.24, 2.45) is 0 Å². The third-order valence-corrected chi connectivity index (χ3v) is 2.35. The molecule has 0 unspecified atom stereocenters. The Morgan fingerprint density at radius 2 is 1.88 bits per heavy atom. The molecule has 0 atom stereocenters. The van der Waals surface area contributed by atoms with Gasteiger partial charge in [0, 0.05) is 5.56 Å². The molecule has 0 aromatic heterocycles. The molecule has 0 aliphatic heterocycles. The van der Waals surface area contributed by atoms with E-state index in [2.05, 4.69) is 10.3 Å². The number of carbonyl (C=O) groups excluding carboxylic acids is 2. The van der Waals surface area contributed by atoms with Crippen molar-refractivity contribution in [2.45, 2.75) is 19.4 Å². The number of ketones is 1. The second-order valence-electron chi connectivity index (χ2n) is 4.03. The van der Waals surface area contributed by atoms with Crippen molar-refractivity contribution in [1.29, 1.82) is 0 Å². The molecule has 17 heavy (non-hydrogen) atoms. The highest BCUT2D eigenvalue weighted by atomic mass is 35.5.